The summed E-state index contributed by atoms with van der Waals surface area (Å²) in [5.74, 6) is -0.984. The molecule has 10 nitrogen and oxygen atoms in total. The molecule has 276 valence electrons. The Labute approximate surface area is 305 Å². The predicted molar refractivity (Wildman–Crippen MR) is 202 cm³/mol. The monoisotopic (exact) mass is 749 g/mol. The summed E-state index contributed by atoms with van der Waals surface area (Å²) < 4.78 is 32.8. The molecular weight excluding hydrogens is 698 g/mol. The van der Waals surface area contributed by atoms with Crippen molar-refractivity contribution in [2.75, 3.05) is 19.0 Å². The quantitative estimate of drug-likeness (QED) is 0.0317. The molecule has 1 N–H and O–H groups in total. The van der Waals surface area contributed by atoms with Gasteiger partial charge >= 0.3 is 25.7 Å². The molecule has 1 aliphatic rings. The molecule has 1 aromatic rings. The van der Waals surface area contributed by atoms with Crippen molar-refractivity contribution >= 4 is 47.3 Å². The molecule has 1 fully saturated rings. The first-order chi connectivity index (χ1) is 24.3. The molecular formula is C37H52NO9PS2. The highest BCUT2D eigenvalue weighted by atomic mass is 33.1. The number of phosphoric ester groups is 1. The molecule has 0 spiro atoms. The normalized spacial score (nSPS) is 16.9. The molecule has 3 atom stereocenters. The van der Waals surface area contributed by atoms with E-state index in [-0.39, 0.29) is 25.0 Å². The van der Waals surface area contributed by atoms with Crippen molar-refractivity contribution in [2.24, 2.45) is 0 Å². The third-order valence-corrected chi connectivity index (χ3v) is 10.9. The Hall–Kier alpha value is -2.89. The van der Waals surface area contributed by atoms with Crippen LogP contribution in [-0.4, -0.2) is 58.1 Å². The summed E-state index contributed by atoms with van der Waals surface area (Å²) in [7, 11) is -1.11. The van der Waals surface area contributed by atoms with Crippen LogP contribution in [0.5, 0.6) is 0 Å². The molecule has 0 saturated carbocycles. The van der Waals surface area contributed by atoms with Crippen LogP contribution in [-0.2, 0) is 32.7 Å². The zero-order chi connectivity index (χ0) is 36.1. The third-order valence-electron chi connectivity index (χ3n) is 7.04. The predicted octanol–water partition coefficient (Wildman–Crippen LogP) is 9.45. The van der Waals surface area contributed by atoms with Crippen molar-refractivity contribution in [3.8, 4) is 0 Å². The van der Waals surface area contributed by atoms with Gasteiger partial charge in [0.05, 0.1) is 5.56 Å². The largest absolute Gasteiger partial charge is 0.529 e. The Morgan fingerprint density at radius 3 is 2.20 bits per heavy atom. The number of unbranched alkanes of at least 4 members (excludes halogenated alkanes) is 2. The molecule has 13 heteroatoms. The highest BCUT2D eigenvalue weighted by molar-refractivity contribution is 8.77. The summed E-state index contributed by atoms with van der Waals surface area (Å²) in [6, 6.07) is 2.84. The van der Waals surface area contributed by atoms with Gasteiger partial charge in [0.1, 0.15) is 13.2 Å². The lowest BCUT2D eigenvalue weighted by molar-refractivity contribution is -0.161. The summed E-state index contributed by atoms with van der Waals surface area (Å²) in [6.07, 6.45) is 32.6. The minimum atomic E-state index is -4.88. The number of carbonyl (C=O) groups excluding carboxylic acids is 3. The molecule has 1 saturated heterocycles. The molecule has 2 rings (SSSR count). The van der Waals surface area contributed by atoms with Gasteiger partial charge in [-0.15, -0.1) is 0 Å². The van der Waals surface area contributed by atoms with E-state index in [2.05, 4.69) is 65.0 Å². The van der Waals surface area contributed by atoms with E-state index in [0.29, 0.717) is 24.5 Å². The van der Waals surface area contributed by atoms with Gasteiger partial charge in [0.15, 0.2) is 6.10 Å². The summed E-state index contributed by atoms with van der Waals surface area (Å²) in [5.41, 5.74) is -0.0416. The fourth-order valence-corrected chi connectivity index (χ4v) is 8.15. The van der Waals surface area contributed by atoms with E-state index in [4.69, 9.17) is 14.0 Å². The lowest BCUT2D eigenvalue weighted by Gasteiger charge is -2.19. The first kappa shape index (κ1) is 43.3. The molecule has 50 heavy (non-hydrogen) atoms. The van der Waals surface area contributed by atoms with Crippen molar-refractivity contribution in [3.05, 3.63) is 90.9 Å². The number of nitrogens with zero attached hydrogens (tertiary/aromatic N) is 1. The number of carbonyl (C=O) groups is 3. The first-order valence-corrected chi connectivity index (χ1v) is 21.2. The van der Waals surface area contributed by atoms with Crippen molar-refractivity contribution in [1.82, 2.24) is 4.98 Å². The van der Waals surface area contributed by atoms with Crippen molar-refractivity contribution in [2.45, 2.75) is 102 Å². The second-order valence-corrected chi connectivity index (χ2v) is 15.5. The van der Waals surface area contributed by atoms with Gasteiger partial charge in [0, 0.05) is 36.2 Å². The molecule has 1 aromatic heterocycles. The maximum atomic E-state index is 12.6. The number of pyridine rings is 1. The number of hydrogen-bond acceptors (Lipinski definition) is 11. The fourth-order valence-electron chi connectivity index (χ4n) is 4.40. The number of phosphoric acid groups is 1. The maximum absolute atomic E-state index is 12.6. The first-order valence-electron chi connectivity index (χ1n) is 17.3. The van der Waals surface area contributed by atoms with Crippen LogP contribution in [0.3, 0.4) is 0 Å². The van der Waals surface area contributed by atoms with Crippen LogP contribution in [0.2, 0.25) is 0 Å². The minimum Gasteiger partial charge on any atom is -0.462 e. The van der Waals surface area contributed by atoms with Crippen LogP contribution < -0.4 is 0 Å². The minimum absolute atomic E-state index is 0.0416. The number of allylic oxidation sites excluding steroid dienone is 10. The van der Waals surface area contributed by atoms with Crippen LogP contribution in [0.4, 0.5) is 0 Å². The van der Waals surface area contributed by atoms with Crippen molar-refractivity contribution in [1.29, 1.82) is 0 Å². The Kier molecular flexibility index (Phi) is 24.0. The van der Waals surface area contributed by atoms with Crippen molar-refractivity contribution < 1.29 is 42.4 Å². The Bertz CT molecular complexity index is 1310. The van der Waals surface area contributed by atoms with Gasteiger partial charge in [0.2, 0.25) is 0 Å². The Morgan fingerprint density at radius 2 is 1.58 bits per heavy atom. The second kappa shape index (κ2) is 27.8. The van der Waals surface area contributed by atoms with Gasteiger partial charge in [-0.05, 0) is 76.3 Å². The van der Waals surface area contributed by atoms with Gasteiger partial charge in [-0.25, -0.2) is 9.36 Å². The number of rotatable bonds is 26. The second-order valence-electron chi connectivity index (χ2n) is 11.4. The summed E-state index contributed by atoms with van der Waals surface area (Å²) in [4.78, 5) is 51.0. The van der Waals surface area contributed by atoms with Gasteiger partial charge < -0.3 is 14.0 Å². The van der Waals surface area contributed by atoms with E-state index in [1.807, 2.05) is 33.7 Å². The van der Waals surface area contributed by atoms with Crippen LogP contribution in [0.25, 0.3) is 0 Å². The SMILES string of the molecule is CC/C=C\C/C=C\C/C=C\C/C=C\C/C=C\CCCC(=O)O[C@H](COC(=O)CCCC[C@@H]1CCSS1)COP(=O)(O)OC(=O)c1cccnc1. The van der Waals surface area contributed by atoms with Crippen LogP contribution in [0, 0.1) is 0 Å². The zero-order valence-corrected chi connectivity index (χ0v) is 31.5. The summed E-state index contributed by atoms with van der Waals surface area (Å²) >= 11 is 0. The van der Waals surface area contributed by atoms with E-state index >= 15 is 0 Å². The van der Waals surface area contributed by atoms with Crippen LogP contribution in [0.1, 0.15) is 101 Å². The lowest BCUT2D eigenvalue weighted by atomic mass is 10.1. The molecule has 0 radical (unpaired) electrons. The topological polar surface area (TPSA) is 138 Å². The molecule has 0 aromatic carbocycles. The van der Waals surface area contributed by atoms with Gasteiger partial charge in [-0.3, -0.25) is 24.0 Å². The van der Waals surface area contributed by atoms with E-state index in [1.54, 1.807) is 0 Å². The number of ether oxygens (including phenoxy) is 2. The summed E-state index contributed by atoms with van der Waals surface area (Å²) in [5, 5.41) is 0.624. The zero-order valence-electron chi connectivity index (χ0n) is 29.0. The van der Waals surface area contributed by atoms with Gasteiger partial charge in [-0.1, -0.05) is 95.7 Å². The molecule has 0 aliphatic carbocycles. The van der Waals surface area contributed by atoms with E-state index in [0.717, 1.165) is 50.7 Å². The highest BCUT2D eigenvalue weighted by Crippen LogP contribution is 2.44. The lowest BCUT2D eigenvalue weighted by Crippen LogP contribution is -2.29. The van der Waals surface area contributed by atoms with Crippen LogP contribution in [0.15, 0.2) is 85.3 Å². The Morgan fingerprint density at radius 1 is 0.920 bits per heavy atom. The Balaban J connectivity index is 1.72. The van der Waals surface area contributed by atoms with E-state index < -0.39 is 38.4 Å². The van der Waals surface area contributed by atoms with Gasteiger partial charge in [-0.2, -0.15) is 0 Å². The number of esters is 2. The van der Waals surface area contributed by atoms with E-state index in [1.165, 1.54) is 30.9 Å². The van der Waals surface area contributed by atoms with Gasteiger partial charge in [0.25, 0.3) is 0 Å². The molecule has 2 heterocycles. The number of hydrogen-bond donors (Lipinski definition) is 1. The summed E-state index contributed by atoms with van der Waals surface area (Å²) in [6.45, 7) is 1.13. The standard InChI is InChI=1S/C37H52NO9PS2/c1-2-3-4-5-6-7-8-9-10-11-12-13-14-15-16-17-18-25-36(40)46-33(30-44-35(39)24-20-19-23-34-26-28-49-50-34)31-45-48(42,43)47-37(41)32-22-21-27-38-29-32/h3-4,6-7,9-10,12-13,15-16,21-22,27,29,33-34H,2,5,8,11,14,17-20,23-26,28,30-31H2,1H3,(H,42,43)/b4-3-,7-6-,10-9-,13-12-,16-15-/t33-,34-/m1/s1. The number of aromatic nitrogens is 1. The fraction of sp³-hybridized carbons (Fsp3) is 0.514. The third kappa shape index (κ3) is 22.8. The van der Waals surface area contributed by atoms with E-state index in [9.17, 15) is 23.8 Å². The molecule has 1 unspecified atom stereocenters. The highest BCUT2D eigenvalue weighted by Gasteiger charge is 2.30. The molecule has 0 bridgehead atoms. The molecule has 1 aliphatic heterocycles. The smallest absolute Gasteiger partial charge is 0.462 e. The molecule has 0 amide bonds. The van der Waals surface area contributed by atoms with Crippen molar-refractivity contribution in [3.63, 3.8) is 0 Å². The maximum Gasteiger partial charge on any atom is 0.529 e. The average Bonchev–Trinajstić information content (AvgIpc) is 3.63. The average molecular weight is 750 g/mol. The van der Waals surface area contributed by atoms with Crippen LogP contribution >= 0.6 is 29.4 Å².